The molecule has 0 spiro atoms. The van der Waals surface area contributed by atoms with E-state index in [9.17, 15) is 4.79 Å². The van der Waals surface area contributed by atoms with E-state index in [0.29, 0.717) is 11.3 Å². The topological polar surface area (TPSA) is 56.7 Å². The van der Waals surface area contributed by atoms with Gasteiger partial charge in [0.2, 0.25) is 0 Å². The highest BCUT2D eigenvalue weighted by Crippen LogP contribution is 2.26. The molecule has 0 saturated heterocycles. The van der Waals surface area contributed by atoms with Crippen LogP contribution in [0.5, 0.6) is 5.75 Å². The summed E-state index contributed by atoms with van der Waals surface area (Å²) < 4.78 is 11.8. The maximum atomic E-state index is 12.2. The van der Waals surface area contributed by atoms with Crippen LogP contribution in [-0.4, -0.2) is 16.7 Å². The van der Waals surface area contributed by atoms with Crippen molar-refractivity contribution >= 4 is 16.5 Å². The van der Waals surface area contributed by atoms with E-state index in [1.165, 1.54) is 10.1 Å². The Hall–Kier alpha value is -3.08. The standard InChI is InChI=1S/C18H14N2O3/c1-11-3-5-12(6-4-11)15-10-16-14-8-7-13(22-2)9-17(14)23-18(21)20(16)19-15/h3-10H,1-2H3. The average molecular weight is 306 g/mol. The minimum absolute atomic E-state index is 0.484. The summed E-state index contributed by atoms with van der Waals surface area (Å²) in [5.74, 6) is 0.127. The number of rotatable bonds is 2. The molecule has 4 aromatic rings. The molecule has 0 amide bonds. The van der Waals surface area contributed by atoms with Gasteiger partial charge in [-0.05, 0) is 25.1 Å². The summed E-state index contributed by atoms with van der Waals surface area (Å²) in [6.07, 6.45) is 0. The fourth-order valence-corrected chi connectivity index (χ4v) is 2.64. The maximum absolute atomic E-state index is 12.2. The van der Waals surface area contributed by atoms with Gasteiger partial charge in [-0.3, -0.25) is 0 Å². The van der Waals surface area contributed by atoms with Crippen LogP contribution in [-0.2, 0) is 0 Å². The molecule has 4 rings (SSSR count). The number of nitrogens with zero attached hydrogens (tertiary/aromatic N) is 2. The first-order valence-corrected chi connectivity index (χ1v) is 7.23. The number of aromatic nitrogens is 2. The highest BCUT2D eigenvalue weighted by Gasteiger charge is 2.12. The molecule has 0 aliphatic carbocycles. The molecule has 2 aromatic heterocycles. The minimum atomic E-state index is -0.515. The van der Waals surface area contributed by atoms with Crippen LogP contribution in [0.2, 0.25) is 0 Å². The summed E-state index contributed by atoms with van der Waals surface area (Å²) in [6.45, 7) is 2.03. The van der Waals surface area contributed by atoms with Crippen molar-refractivity contribution in [2.75, 3.05) is 7.11 Å². The second-order valence-electron chi connectivity index (χ2n) is 5.42. The van der Waals surface area contributed by atoms with E-state index in [1.54, 1.807) is 13.2 Å². The Balaban J connectivity index is 2.00. The fourth-order valence-electron chi connectivity index (χ4n) is 2.64. The molecule has 0 aliphatic heterocycles. The molecule has 0 atom stereocenters. The summed E-state index contributed by atoms with van der Waals surface area (Å²) in [6, 6.07) is 15.3. The van der Waals surface area contributed by atoms with Crippen molar-refractivity contribution < 1.29 is 9.15 Å². The van der Waals surface area contributed by atoms with Crippen molar-refractivity contribution in [1.82, 2.24) is 9.61 Å². The van der Waals surface area contributed by atoms with Crippen molar-refractivity contribution in [3.05, 3.63) is 64.6 Å². The van der Waals surface area contributed by atoms with E-state index in [1.807, 2.05) is 49.4 Å². The third-order valence-corrected chi connectivity index (χ3v) is 3.89. The number of hydrogen-bond acceptors (Lipinski definition) is 4. The lowest BCUT2D eigenvalue weighted by atomic mass is 10.1. The summed E-state index contributed by atoms with van der Waals surface area (Å²) in [5, 5.41) is 5.20. The Labute approximate surface area is 131 Å². The van der Waals surface area contributed by atoms with Crippen LogP contribution < -0.4 is 10.5 Å². The lowest BCUT2D eigenvalue weighted by Crippen LogP contribution is -2.12. The van der Waals surface area contributed by atoms with E-state index >= 15 is 0 Å². The van der Waals surface area contributed by atoms with Gasteiger partial charge in [0, 0.05) is 17.0 Å². The van der Waals surface area contributed by atoms with Crippen molar-refractivity contribution in [2.24, 2.45) is 0 Å². The predicted molar refractivity (Wildman–Crippen MR) is 88.0 cm³/mol. The molecular weight excluding hydrogens is 292 g/mol. The fraction of sp³-hybridized carbons (Fsp3) is 0.111. The van der Waals surface area contributed by atoms with Crippen LogP contribution in [0.1, 0.15) is 5.56 Å². The number of hydrogen-bond donors (Lipinski definition) is 0. The van der Waals surface area contributed by atoms with Gasteiger partial charge < -0.3 is 9.15 Å². The number of methoxy groups -OCH3 is 1. The number of ether oxygens (including phenoxy) is 1. The number of benzene rings is 2. The molecule has 0 N–H and O–H groups in total. The van der Waals surface area contributed by atoms with E-state index in [4.69, 9.17) is 9.15 Å². The second kappa shape index (κ2) is 4.98. The van der Waals surface area contributed by atoms with Gasteiger partial charge in [-0.2, -0.15) is 9.61 Å². The Morgan fingerprint density at radius 3 is 2.61 bits per heavy atom. The molecule has 114 valence electrons. The van der Waals surface area contributed by atoms with E-state index in [2.05, 4.69) is 5.10 Å². The molecule has 2 heterocycles. The molecule has 0 aliphatic rings. The molecule has 0 unspecified atom stereocenters. The first-order chi connectivity index (χ1) is 11.2. The van der Waals surface area contributed by atoms with Gasteiger partial charge in [-0.15, -0.1) is 0 Å². The Bertz CT molecular complexity index is 1080. The van der Waals surface area contributed by atoms with Crippen molar-refractivity contribution in [3.63, 3.8) is 0 Å². The molecule has 5 heteroatoms. The first kappa shape index (κ1) is 13.6. The zero-order valence-corrected chi connectivity index (χ0v) is 12.7. The molecule has 0 saturated carbocycles. The summed E-state index contributed by atoms with van der Waals surface area (Å²) in [7, 11) is 1.58. The van der Waals surface area contributed by atoms with Gasteiger partial charge in [0.15, 0.2) is 0 Å². The van der Waals surface area contributed by atoms with Crippen molar-refractivity contribution in [3.8, 4) is 17.0 Å². The Morgan fingerprint density at radius 2 is 1.87 bits per heavy atom. The largest absolute Gasteiger partial charge is 0.497 e. The number of aryl methyl sites for hydroxylation is 1. The van der Waals surface area contributed by atoms with Gasteiger partial charge in [0.05, 0.1) is 18.3 Å². The molecule has 5 nitrogen and oxygen atoms in total. The van der Waals surface area contributed by atoms with Gasteiger partial charge in [-0.25, -0.2) is 4.79 Å². The van der Waals surface area contributed by atoms with Crippen LogP contribution in [0.25, 0.3) is 27.7 Å². The maximum Gasteiger partial charge on any atom is 0.440 e. The quantitative estimate of drug-likeness (QED) is 0.569. The Morgan fingerprint density at radius 1 is 1.09 bits per heavy atom. The average Bonchev–Trinajstić information content (AvgIpc) is 3.01. The SMILES string of the molecule is COc1ccc2c(c1)oc(=O)n1nc(-c3ccc(C)cc3)cc21. The van der Waals surface area contributed by atoms with Crippen LogP contribution in [0.3, 0.4) is 0 Å². The van der Waals surface area contributed by atoms with E-state index < -0.39 is 5.76 Å². The van der Waals surface area contributed by atoms with Crippen molar-refractivity contribution in [1.29, 1.82) is 0 Å². The third kappa shape index (κ3) is 2.17. The van der Waals surface area contributed by atoms with Gasteiger partial charge in [0.25, 0.3) is 0 Å². The lowest BCUT2D eigenvalue weighted by molar-refractivity contribution is 0.413. The van der Waals surface area contributed by atoms with Crippen LogP contribution in [0.15, 0.2) is 57.7 Å². The number of fused-ring (bicyclic) bond motifs is 3. The van der Waals surface area contributed by atoms with Gasteiger partial charge >= 0.3 is 5.76 Å². The monoisotopic (exact) mass is 306 g/mol. The van der Waals surface area contributed by atoms with Crippen LogP contribution >= 0.6 is 0 Å². The molecule has 0 fully saturated rings. The zero-order valence-electron chi connectivity index (χ0n) is 12.7. The molecular formula is C18H14N2O3. The normalized spacial score (nSPS) is 11.2. The highest BCUT2D eigenvalue weighted by molar-refractivity contribution is 5.94. The van der Waals surface area contributed by atoms with Gasteiger partial charge in [0.1, 0.15) is 11.3 Å². The summed E-state index contributed by atoms with van der Waals surface area (Å²) >= 11 is 0. The second-order valence-corrected chi connectivity index (χ2v) is 5.42. The first-order valence-electron chi connectivity index (χ1n) is 7.23. The molecule has 0 radical (unpaired) electrons. The minimum Gasteiger partial charge on any atom is -0.497 e. The van der Waals surface area contributed by atoms with Crippen LogP contribution in [0.4, 0.5) is 0 Å². The van der Waals surface area contributed by atoms with Crippen LogP contribution in [0, 0.1) is 6.92 Å². The smallest absolute Gasteiger partial charge is 0.440 e. The highest BCUT2D eigenvalue weighted by atomic mass is 16.5. The Kier molecular flexibility index (Phi) is 2.94. The molecule has 2 aromatic carbocycles. The third-order valence-electron chi connectivity index (χ3n) is 3.89. The van der Waals surface area contributed by atoms with Crippen molar-refractivity contribution in [2.45, 2.75) is 6.92 Å². The lowest BCUT2D eigenvalue weighted by Gasteiger charge is -2.02. The molecule has 0 bridgehead atoms. The van der Waals surface area contributed by atoms with Gasteiger partial charge in [-0.1, -0.05) is 29.8 Å². The zero-order chi connectivity index (χ0) is 16.0. The van der Waals surface area contributed by atoms with E-state index in [-0.39, 0.29) is 0 Å². The van der Waals surface area contributed by atoms with E-state index in [0.717, 1.165) is 22.2 Å². The summed E-state index contributed by atoms with van der Waals surface area (Å²) in [5.41, 5.74) is 4.07. The summed E-state index contributed by atoms with van der Waals surface area (Å²) in [4.78, 5) is 12.2. The predicted octanol–water partition coefficient (Wildman–Crippen LogP) is 3.42. The molecule has 23 heavy (non-hydrogen) atoms.